The number of carbonyl (C=O) groups excluding carboxylic acids is 1. The van der Waals surface area contributed by atoms with Crippen LogP contribution < -0.4 is 0 Å². The second-order valence-corrected chi connectivity index (χ2v) is 3.62. The Morgan fingerprint density at radius 2 is 1.75 bits per heavy atom. The molecule has 1 unspecified atom stereocenters. The zero-order valence-corrected chi connectivity index (χ0v) is 8.66. The molecule has 0 aromatic carbocycles. The third kappa shape index (κ3) is 4.29. The van der Waals surface area contributed by atoms with Gasteiger partial charge in [-0.15, -0.1) is 0 Å². The van der Waals surface area contributed by atoms with E-state index in [1.165, 1.54) is 0 Å². The highest BCUT2D eigenvalue weighted by Crippen LogP contribution is 1.98. The highest BCUT2D eigenvalue weighted by molar-refractivity contribution is 5.91. The van der Waals surface area contributed by atoms with Crippen molar-refractivity contribution in [1.82, 2.24) is 4.90 Å². The van der Waals surface area contributed by atoms with Crippen molar-refractivity contribution < 1.29 is 4.79 Å². The third-order valence-corrected chi connectivity index (χ3v) is 1.92. The number of carbonyl (C=O) groups is 1. The molecule has 2 heteroatoms. The van der Waals surface area contributed by atoms with E-state index in [1.54, 1.807) is 6.08 Å². The van der Waals surface area contributed by atoms with Gasteiger partial charge in [0.05, 0.1) is 0 Å². The molecule has 0 bridgehead atoms. The van der Waals surface area contributed by atoms with Gasteiger partial charge in [-0.05, 0) is 27.1 Å². The quantitative estimate of drug-likeness (QED) is 0.597. The Labute approximate surface area is 75.3 Å². The molecule has 12 heavy (non-hydrogen) atoms. The minimum Gasteiger partial charge on any atom is -0.303 e. The molecule has 0 rings (SSSR count). The topological polar surface area (TPSA) is 20.3 Å². The number of nitrogens with zero attached hydrogens (tertiary/aromatic N) is 1. The molecular weight excluding hydrogens is 150 g/mol. The van der Waals surface area contributed by atoms with Crippen LogP contribution in [-0.4, -0.2) is 30.8 Å². The second kappa shape index (κ2) is 5.09. The SMILES string of the molecule is CC(C)C(=O)/C=C/C(C)N(C)C. The maximum atomic E-state index is 11.2. The first-order valence-corrected chi connectivity index (χ1v) is 4.33. The van der Waals surface area contributed by atoms with Gasteiger partial charge in [0, 0.05) is 12.0 Å². The van der Waals surface area contributed by atoms with Crippen molar-refractivity contribution >= 4 is 5.78 Å². The number of ketones is 1. The van der Waals surface area contributed by atoms with Crippen molar-refractivity contribution in [3.8, 4) is 0 Å². The average molecular weight is 169 g/mol. The van der Waals surface area contributed by atoms with E-state index in [9.17, 15) is 4.79 Å². The molecular formula is C10H19NO. The molecule has 0 aliphatic carbocycles. The molecule has 2 nitrogen and oxygen atoms in total. The van der Waals surface area contributed by atoms with Crippen molar-refractivity contribution in [1.29, 1.82) is 0 Å². The summed E-state index contributed by atoms with van der Waals surface area (Å²) in [5.74, 6) is 0.305. The van der Waals surface area contributed by atoms with Crippen molar-refractivity contribution in [3.63, 3.8) is 0 Å². The van der Waals surface area contributed by atoms with Crippen LogP contribution in [-0.2, 0) is 4.79 Å². The predicted octanol–water partition coefficient (Wildman–Crippen LogP) is 1.72. The maximum Gasteiger partial charge on any atom is 0.157 e. The van der Waals surface area contributed by atoms with Crippen LogP contribution in [0.3, 0.4) is 0 Å². The standard InChI is InChI=1S/C10H19NO/c1-8(2)10(12)7-6-9(3)11(4)5/h6-9H,1-5H3/b7-6+. The highest BCUT2D eigenvalue weighted by Gasteiger charge is 2.03. The molecule has 0 radical (unpaired) electrons. The number of hydrogen-bond acceptors (Lipinski definition) is 2. The van der Waals surface area contributed by atoms with Crippen molar-refractivity contribution in [3.05, 3.63) is 12.2 Å². The second-order valence-electron chi connectivity index (χ2n) is 3.62. The summed E-state index contributed by atoms with van der Waals surface area (Å²) in [5, 5.41) is 0. The molecule has 0 amide bonds. The molecule has 1 atom stereocenters. The van der Waals surface area contributed by atoms with E-state index < -0.39 is 0 Å². The van der Waals surface area contributed by atoms with E-state index in [2.05, 4.69) is 11.8 Å². The van der Waals surface area contributed by atoms with Crippen LogP contribution in [0.25, 0.3) is 0 Å². The first kappa shape index (κ1) is 11.4. The predicted molar refractivity (Wildman–Crippen MR) is 52.1 cm³/mol. The summed E-state index contributed by atoms with van der Waals surface area (Å²) >= 11 is 0. The zero-order chi connectivity index (χ0) is 9.72. The molecule has 0 aromatic rings. The Hall–Kier alpha value is -0.630. The van der Waals surface area contributed by atoms with Crippen LogP contribution in [0.5, 0.6) is 0 Å². The molecule has 0 heterocycles. The van der Waals surface area contributed by atoms with E-state index in [0.717, 1.165) is 0 Å². The number of likely N-dealkylation sites (N-methyl/N-ethyl adjacent to an activating group) is 1. The van der Waals surface area contributed by atoms with Crippen LogP contribution >= 0.6 is 0 Å². The molecule has 0 saturated carbocycles. The highest BCUT2D eigenvalue weighted by atomic mass is 16.1. The van der Waals surface area contributed by atoms with Gasteiger partial charge in [-0.3, -0.25) is 4.79 Å². The Bertz CT molecular complexity index is 171. The maximum absolute atomic E-state index is 11.2. The molecule has 0 aliphatic rings. The third-order valence-electron chi connectivity index (χ3n) is 1.92. The summed E-state index contributed by atoms with van der Waals surface area (Å²) < 4.78 is 0. The lowest BCUT2D eigenvalue weighted by Gasteiger charge is -2.14. The van der Waals surface area contributed by atoms with E-state index in [4.69, 9.17) is 0 Å². The van der Waals surface area contributed by atoms with Crippen molar-refractivity contribution in [2.45, 2.75) is 26.8 Å². The van der Waals surface area contributed by atoms with E-state index in [0.29, 0.717) is 6.04 Å². The van der Waals surface area contributed by atoms with Gasteiger partial charge in [0.15, 0.2) is 5.78 Å². The van der Waals surface area contributed by atoms with Gasteiger partial charge in [-0.1, -0.05) is 19.9 Å². The fraction of sp³-hybridized carbons (Fsp3) is 0.700. The van der Waals surface area contributed by atoms with Gasteiger partial charge in [0.2, 0.25) is 0 Å². The smallest absolute Gasteiger partial charge is 0.157 e. The Morgan fingerprint density at radius 3 is 2.08 bits per heavy atom. The van der Waals surface area contributed by atoms with E-state index >= 15 is 0 Å². The first-order valence-electron chi connectivity index (χ1n) is 4.33. The Kier molecular flexibility index (Phi) is 4.83. The monoisotopic (exact) mass is 169 g/mol. The van der Waals surface area contributed by atoms with Crippen LogP contribution in [0.4, 0.5) is 0 Å². The summed E-state index contributed by atoms with van der Waals surface area (Å²) in [6.07, 6.45) is 3.61. The minimum absolute atomic E-state index is 0.107. The lowest BCUT2D eigenvalue weighted by molar-refractivity contribution is -0.117. The summed E-state index contributed by atoms with van der Waals surface area (Å²) in [6, 6.07) is 0.327. The Morgan fingerprint density at radius 1 is 1.25 bits per heavy atom. The summed E-state index contributed by atoms with van der Waals surface area (Å²) in [6.45, 7) is 5.88. The zero-order valence-electron chi connectivity index (χ0n) is 8.66. The van der Waals surface area contributed by atoms with Crippen molar-refractivity contribution in [2.24, 2.45) is 5.92 Å². The fourth-order valence-electron chi connectivity index (χ4n) is 0.599. The summed E-state index contributed by atoms with van der Waals surface area (Å²) in [7, 11) is 3.99. The summed E-state index contributed by atoms with van der Waals surface area (Å²) in [5.41, 5.74) is 0. The average Bonchev–Trinajstić information content (AvgIpc) is 1.98. The van der Waals surface area contributed by atoms with E-state index in [1.807, 2.05) is 34.0 Å². The van der Waals surface area contributed by atoms with Crippen LogP contribution in [0, 0.1) is 5.92 Å². The van der Waals surface area contributed by atoms with Gasteiger partial charge >= 0.3 is 0 Å². The minimum atomic E-state index is 0.107. The van der Waals surface area contributed by atoms with Gasteiger partial charge in [-0.25, -0.2) is 0 Å². The molecule has 70 valence electrons. The van der Waals surface area contributed by atoms with Gasteiger partial charge in [0.25, 0.3) is 0 Å². The number of allylic oxidation sites excluding steroid dienone is 1. The lowest BCUT2D eigenvalue weighted by Crippen LogP contribution is -2.22. The van der Waals surface area contributed by atoms with Crippen LogP contribution in [0.1, 0.15) is 20.8 Å². The first-order chi connectivity index (χ1) is 5.45. The molecule has 0 aromatic heterocycles. The molecule has 0 aliphatic heterocycles. The van der Waals surface area contributed by atoms with Crippen molar-refractivity contribution in [2.75, 3.05) is 14.1 Å². The number of hydrogen-bond donors (Lipinski definition) is 0. The largest absolute Gasteiger partial charge is 0.303 e. The Balaban J connectivity index is 3.98. The fourth-order valence-corrected chi connectivity index (χ4v) is 0.599. The normalized spacial score (nSPS) is 14.6. The molecule has 0 saturated heterocycles. The van der Waals surface area contributed by atoms with Gasteiger partial charge in [0.1, 0.15) is 0 Å². The molecule has 0 N–H and O–H groups in total. The summed E-state index contributed by atoms with van der Waals surface area (Å²) in [4.78, 5) is 13.2. The van der Waals surface area contributed by atoms with Gasteiger partial charge < -0.3 is 4.90 Å². The molecule has 0 spiro atoms. The van der Waals surface area contributed by atoms with Gasteiger partial charge in [-0.2, -0.15) is 0 Å². The number of rotatable bonds is 4. The van der Waals surface area contributed by atoms with Crippen LogP contribution in [0.2, 0.25) is 0 Å². The lowest BCUT2D eigenvalue weighted by atomic mass is 10.1. The molecule has 0 fully saturated rings. The van der Waals surface area contributed by atoms with E-state index in [-0.39, 0.29) is 11.7 Å². The van der Waals surface area contributed by atoms with Crippen LogP contribution in [0.15, 0.2) is 12.2 Å².